The molecule has 1 aliphatic heterocycles. The van der Waals surface area contributed by atoms with E-state index >= 15 is 0 Å². The Kier molecular flexibility index (Phi) is 5.95. The van der Waals surface area contributed by atoms with Crippen LogP contribution in [0.2, 0.25) is 0 Å². The minimum absolute atomic E-state index is 0.0839. The van der Waals surface area contributed by atoms with Gasteiger partial charge in [0.1, 0.15) is 11.6 Å². The third-order valence-corrected chi connectivity index (χ3v) is 5.28. The summed E-state index contributed by atoms with van der Waals surface area (Å²) < 4.78 is 42.6. The van der Waals surface area contributed by atoms with Crippen LogP contribution in [0.15, 0.2) is 42.3 Å². The molecule has 1 saturated heterocycles. The molecule has 2 heterocycles. The molecule has 156 valence electrons. The number of carbonyl (C=O) groups is 2. The van der Waals surface area contributed by atoms with Crippen LogP contribution in [0.25, 0.3) is 0 Å². The number of carbonyl (C=O) groups excluding carboxylic acids is 2. The maximum atomic E-state index is 14.8. The fourth-order valence-corrected chi connectivity index (χ4v) is 3.85. The van der Waals surface area contributed by atoms with E-state index in [0.29, 0.717) is 0 Å². The molecule has 1 saturated carbocycles. The Bertz CT molecular complexity index is 839. The van der Waals surface area contributed by atoms with Gasteiger partial charge >= 0.3 is 0 Å². The second-order valence-electron chi connectivity index (χ2n) is 7.33. The van der Waals surface area contributed by atoms with Crippen LogP contribution in [0.3, 0.4) is 0 Å². The van der Waals surface area contributed by atoms with Crippen molar-refractivity contribution in [3.63, 3.8) is 0 Å². The molecule has 9 heteroatoms. The van der Waals surface area contributed by atoms with E-state index in [1.807, 2.05) is 6.92 Å². The summed E-state index contributed by atoms with van der Waals surface area (Å²) in [6, 6.07) is 1.53. The van der Waals surface area contributed by atoms with Crippen LogP contribution < -0.4 is 16.0 Å². The number of anilines is 1. The highest BCUT2D eigenvalue weighted by Gasteiger charge is 2.58. The summed E-state index contributed by atoms with van der Waals surface area (Å²) in [6.45, 7) is 1.73. The molecule has 2 unspecified atom stereocenters. The van der Waals surface area contributed by atoms with Gasteiger partial charge in [-0.25, -0.2) is 18.2 Å². The molecular formula is C20H23F3N4O2. The number of alkyl halides is 2. The van der Waals surface area contributed by atoms with E-state index in [9.17, 15) is 22.8 Å². The van der Waals surface area contributed by atoms with Crippen LogP contribution >= 0.6 is 0 Å². The van der Waals surface area contributed by atoms with Crippen LogP contribution in [0.4, 0.5) is 19.0 Å². The average Bonchev–Trinajstić information content (AvgIpc) is 3.00. The predicted octanol–water partition coefficient (Wildman–Crippen LogP) is 2.52. The van der Waals surface area contributed by atoms with Crippen molar-refractivity contribution in [3.05, 3.63) is 48.1 Å². The van der Waals surface area contributed by atoms with E-state index < -0.39 is 47.9 Å². The number of fused-ring (bicyclic) bond motifs is 1. The number of amides is 2. The lowest BCUT2D eigenvalue weighted by molar-refractivity contribution is -0.136. The Morgan fingerprint density at radius 3 is 2.86 bits per heavy atom. The van der Waals surface area contributed by atoms with Crippen LogP contribution in [-0.2, 0) is 9.59 Å². The Hall–Kier alpha value is -2.84. The van der Waals surface area contributed by atoms with Crippen LogP contribution in [-0.4, -0.2) is 35.3 Å². The number of nitrogens with one attached hydrogen (secondary N) is 1. The van der Waals surface area contributed by atoms with Crippen molar-refractivity contribution in [1.82, 2.24) is 10.3 Å². The van der Waals surface area contributed by atoms with Gasteiger partial charge in [0.15, 0.2) is 0 Å². The number of pyridine rings is 1. The van der Waals surface area contributed by atoms with E-state index in [1.54, 1.807) is 12.2 Å². The van der Waals surface area contributed by atoms with Crippen molar-refractivity contribution in [3.8, 4) is 0 Å². The lowest BCUT2D eigenvalue weighted by Crippen LogP contribution is -2.50. The van der Waals surface area contributed by atoms with Crippen molar-refractivity contribution in [2.75, 3.05) is 11.4 Å². The molecule has 6 nitrogen and oxygen atoms in total. The Balaban J connectivity index is 1.73. The maximum Gasteiger partial charge on any atom is 0.267 e. The SMILES string of the molecule is CC/C=C\C=C(/N)C(=O)NC1C[C@H]2C(=O)N(c3ccc(F)cn3)CC2C(F)(F)C1. The fraction of sp³-hybridized carbons (Fsp3) is 0.450. The standard InChI is InChI=1S/C20H23F3N4O2/c1-2-3-4-5-16(24)18(28)26-13-8-14-15(20(22,23)9-13)11-27(19(14)29)17-7-6-12(21)10-25-17/h3-7,10,13-15H,2,8-9,11,24H2,1H3,(H,26,28)/b4-3-,16-5-/t13?,14-,15?/m1/s1. The number of aromatic nitrogens is 1. The van der Waals surface area contributed by atoms with Crippen LogP contribution in [0, 0.1) is 17.7 Å². The van der Waals surface area contributed by atoms with Crippen LogP contribution in [0.5, 0.6) is 0 Å². The molecule has 1 aromatic rings. The van der Waals surface area contributed by atoms with E-state index in [0.717, 1.165) is 23.6 Å². The van der Waals surface area contributed by atoms with Crippen molar-refractivity contribution in [2.24, 2.45) is 17.6 Å². The molecular weight excluding hydrogens is 385 g/mol. The first-order valence-electron chi connectivity index (χ1n) is 9.47. The smallest absolute Gasteiger partial charge is 0.267 e. The maximum absolute atomic E-state index is 14.8. The zero-order valence-electron chi connectivity index (χ0n) is 15.9. The molecule has 0 aromatic carbocycles. The zero-order chi connectivity index (χ0) is 21.2. The molecule has 0 bridgehead atoms. The molecule has 1 aromatic heterocycles. The number of allylic oxidation sites excluding steroid dienone is 3. The number of halogens is 3. The van der Waals surface area contributed by atoms with Crippen molar-refractivity contribution in [1.29, 1.82) is 0 Å². The van der Waals surface area contributed by atoms with Gasteiger partial charge < -0.3 is 11.1 Å². The first kappa shape index (κ1) is 20.9. The molecule has 3 N–H and O–H groups in total. The zero-order valence-corrected chi connectivity index (χ0v) is 15.9. The lowest BCUT2D eigenvalue weighted by atomic mass is 9.76. The van der Waals surface area contributed by atoms with Crippen molar-refractivity contribution < 1.29 is 22.8 Å². The van der Waals surface area contributed by atoms with Gasteiger partial charge in [-0.2, -0.15) is 0 Å². The van der Waals surface area contributed by atoms with Gasteiger partial charge in [0.25, 0.3) is 11.8 Å². The quantitative estimate of drug-likeness (QED) is 0.579. The number of hydrogen-bond donors (Lipinski definition) is 2. The molecule has 0 radical (unpaired) electrons. The molecule has 3 atom stereocenters. The normalized spacial score (nSPS) is 26.6. The van der Waals surface area contributed by atoms with E-state index in [4.69, 9.17) is 5.73 Å². The summed E-state index contributed by atoms with van der Waals surface area (Å²) in [7, 11) is 0. The van der Waals surface area contributed by atoms with Gasteiger partial charge in [-0.15, -0.1) is 0 Å². The average molecular weight is 408 g/mol. The highest BCUT2D eigenvalue weighted by atomic mass is 19.3. The van der Waals surface area contributed by atoms with Crippen molar-refractivity contribution >= 4 is 17.6 Å². The molecule has 29 heavy (non-hydrogen) atoms. The topological polar surface area (TPSA) is 88.3 Å². The summed E-state index contributed by atoms with van der Waals surface area (Å²) in [5, 5.41) is 2.51. The minimum Gasteiger partial charge on any atom is -0.394 e. The van der Waals surface area contributed by atoms with Gasteiger partial charge in [0.2, 0.25) is 5.91 Å². The van der Waals surface area contributed by atoms with Crippen molar-refractivity contribution in [2.45, 2.75) is 38.2 Å². The molecule has 3 rings (SSSR count). The largest absolute Gasteiger partial charge is 0.394 e. The fourth-order valence-electron chi connectivity index (χ4n) is 3.85. The summed E-state index contributed by atoms with van der Waals surface area (Å²) in [4.78, 5) is 29.9. The number of hydrogen-bond acceptors (Lipinski definition) is 4. The van der Waals surface area contributed by atoms with Crippen LogP contribution in [0.1, 0.15) is 26.2 Å². The first-order chi connectivity index (χ1) is 13.7. The number of nitrogens with zero attached hydrogens (tertiary/aromatic N) is 2. The van der Waals surface area contributed by atoms with Gasteiger partial charge in [-0.05, 0) is 31.1 Å². The summed E-state index contributed by atoms with van der Waals surface area (Å²) in [5.74, 6) is -6.88. The minimum atomic E-state index is -3.15. The van der Waals surface area contributed by atoms with E-state index in [1.165, 1.54) is 12.1 Å². The lowest BCUT2D eigenvalue weighted by Gasteiger charge is -2.36. The second kappa shape index (κ2) is 8.26. The van der Waals surface area contributed by atoms with Gasteiger partial charge in [-0.1, -0.05) is 19.1 Å². The van der Waals surface area contributed by atoms with Gasteiger partial charge in [0.05, 0.1) is 23.7 Å². The molecule has 2 fully saturated rings. The molecule has 0 spiro atoms. The predicted molar refractivity (Wildman–Crippen MR) is 101 cm³/mol. The second-order valence-corrected chi connectivity index (χ2v) is 7.33. The first-order valence-corrected chi connectivity index (χ1v) is 9.47. The molecule has 1 aliphatic carbocycles. The Morgan fingerprint density at radius 2 is 2.21 bits per heavy atom. The monoisotopic (exact) mass is 408 g/mol. The Labute approximate surface area is 166 Å². The van der Waals surface area contributed by atoms with E-state index in [-0.39, 0.29) is 24.5 Å². The molecule has 2 amide bonds. The third kappa shape index (κ3) is 4.44. The van der Waals surface area contributed by atoms with Gasteiger partial charge in [-0.3, -0.25) is 14.5 Å². The summed E-state index contributed by atoms with van der Waals surface area (Å²) in [6.07, 6.45) is 6.05. The number of rotatable bonds is 5. The molecule has 2 aliphatic rings. The van der Waals surface area contributed by atoms with E-state index in [2.05, 4.69) is 10.3 Å². The Morgan fingerprint density at radius 1 is 1.45 bits per heavy atom. The summed E-state index contributed by atoms with van der Waals surface area (Å²) in [5.41, 5.74) is 5.60. The summed E-state index contributed by atoms with van der Waals surface area (Å²) >= 11 is 0. The number of nitrogens with two attached hydrogens (primary N) is 1. The highest BCUT2D eigenvalue weighted by molar-refractivity contribution is 5.97. The third-order valence-electron chi connectivity index (χ3n) is 5.28. The highest BCUT2D eigenvalue weighted by Crippen LogP contribution is 2.47. The van der Waals surface area contributed by atoms with Gasteiger partial charge in [0, 0.05) is 19.0 Å².